The molecule has 4 atom stereocenters. The highest BCUT2D eigenvalue weighted by Gasteiger charge is 2.20. The number of nitrogens with one attached hydrogen (secondary N) is 3. The molecule has 18 nitrogen and oxygen atoms in total. The number of ether oxygens (including phenoxy) is 2. The molecule has 0 bridgehead atoms. The Morgan fingerprint density at radius 2 is 1.06 bits per heavy atom. The van der Waals surface area contributed by atoms with E-state index in [0.29, 0.717) is 64.2 Å². The van der Waals surface area contributed by atoms with Gasteiger partial charge in [0.1, 0.15) is 23.1 Å². The summed E-state index contributed by atoms with van der Waals surface area (Å²) in [7, 11) is 2.34. The summed E-state index contributed by atoms with van der Waals surface area (Å²) in [5.41, 5.74) is 17.7. The van der Waals surface area contributed by atoms with Crippen LogP contribution in [-0.4, -0.2) is 99.0 Å². The number of urea groups is 1. The maximum atomic E-state index is 12.9. The minimum Gasteiger partial charge on any atom is -0.489 e. The fraction of sp³-hybridized carbons (Fsp3) is 0.404. The van der Waals surface area contributed by atoms with Gasteiger partial charge in [-0.15, -0.1) is 0 Å². The van der Waals surface area contributed by atoms with E-state index in [0.717, 1.165) is 39.5 Å². The van der Waals surface area contributed by atoms with E-state index in [9.17, 15) is 29.4 Å². The van der Waals surface area contributed by atoms with Crippen molar-refractivity contribution in [3.05, 3.63) is 141 Å². The minimum atomic E-state index is -1.46. The van der Waals surface area contributed by atoms with Crippen molar-refractivity contribution in [2.45, 2.75) is 123 Å². The highest BCUT2D eigenvalue weighted by atomic mass is 35.5. The van der Waals surface area contributed by atoms with Crippen LogP contribution in [0, 0.1) is 0 Å². The average Bonchev–Trinajstić information content (AvgIpc) is 3.97. The quantitative estimate of drug-likeness (QED) is 0.0191. The van der Waals surface area contributed by atoms with Gasteiger partial charge in [-0.05, 0) is 134 Å². The van der Waals surface area contributed by atoms with Gasteiger partial charge in [0.25, 0.3) is 11.8 Å². The molecule has 6 rings (SSSR count). The lowest BCUT2D eigenvalue weighted by Crippen LogP contribution is -2.37. The smallest absolute Gasteiger partial charge is 0.312 e. The fourth-order valence-electron chi connectivity index (χ4n) is 7.95. The van der Waals surface area contributed by atoms with Crippen molar-refractivity contribution < 1.29 is 38.9 Å². The molecule has 2 heterocycles. The van der Waals surface area contributed by atoms with Crippen LogP contribution in [0.15, 0.2) is 102 Å². The molecule has 0 saturated carbocycles. The van der Waals surface area contributed by atoms with Crippen molar-refractivity contribution in [2.24, 2.45) is 30.2 Å². The second-order valence-corrected chi connectivity index (χ2v) is 25.8. The van der Waals surface area contributed by atoms with Crippen LogP contribution in [0.4, 0.5) is 4.79 Å². The van der Waals surface area contributed by atoms with Crippen molar-refractivity contribution in [1.29, 1.82) is 0 Å². The molecule has 78 heavy (non-hydrogen) atoms. The number of imidazole rings is 2. The standard InChI is InChI=1S/C27H34ClN5O4.C26H33ClN4O3.C4H9NOSi/c1-16(2)37-24-10-9-20(14-22(24)28)26(35)31-21(11-12-34)13-18-5-7-19(8-6-18)23-15-33(4)25(32-23)17(3)30-27(29)36;1-16(2)34-24-10-9-20(14-22(24)27)26(33)29-21(11-12-32)13-18-5-7-19(8-6-18)23-15-31(4)25(30-23)17(3)28;1-7(2,3)5-4-6/h5-10,14-17,21,34H,11-13H2,1-4H3,(H,31,35)(H3,29,30,36);5-10,14-17,21,32H,11-13,28H2,1-4H3,(H,29,33);1-3H3/t2*17?,21-;/m11./s1. The van der Waals surface area contributed by atoms with Crippen LogP contribution >= 0.6 is 23.2 Å². The Balaban J connectivity index is 0.000000300. The molecule has 0 aliphatic rings. The first-order chi connectivity index (χ1) is 36.8. The predicted octanol–water partition coefficient (Wildman–Crippen LogP) is 9.41. The molecule has 6 aromatic rings. The number of amides is 4. The zero-order valence-electron chi connectivity index (χ0n) is 46.4. The fourth-order valence-corrected chi connectivity index (χ4v) is 8.68. The number of hydrogen-bond acceptors (Lipinski definition) is 12. The summed E-state index contributed by atoms with van der Waals surface area (Å²) < 4.78 is 18.6. The molecule has 4 aromatic carbocycles. The molecule has 0 radical (unpaired) electrons. The van der Waals surface area contributed by atoms with Crippen LogP contribution in [0.2, 0.25) is 29.7 Å². The third kappa shape index (κ3) is 20.5. The lowest BCUT2D eigenvalue weighted by atomic mass is 10.0. The molecule has 21 heteroatoms. The molecule has 0 aliphatic carbocycles. The Morgan fingerprint density at radius 1 is 0.667 bits per heavy atom. The van der Waals surface area contributed by atoms with Crippen molar-refractivity contribution in [1.82, 2.24) is 35.1 Å². The Hall–Kier alpha value is -6.83. The molecule has 420 valence electrons. The number of nitrogens with zero attached hydrogens (tertiary/aromatic N) is 5. The predicted molar refractivity (Wildman–Crippen MR) is 310 cm³/mol. The van der Waals surface area contributed by atoms with Gasteiger partial charge in [0.2, 0.25) is 6.08 Å². The molecule has 4 amide bonds. The van der Waals surface area contributed by atoms with E-state index in [1.165, 1.54) is 0 Å². The number of halogens is 2. The monoisotopic (exact) mass is 1130 g/mol. The zero-order chi connectivity index (χ0) is 57.9. The molecule has 2 unspecified atom stereocenters. The summed E-state index contributed by atoms with van der Waals surface area (Å²) in [6.45, 7) is 17.2. The third-order valence-corrected chi connectivity index (χ3v) is 12.9. The van der Waals surface area contributed by atoms with Crippen LogP contribution in [0.25, 0.3) is 22.5 Å². The Kier molecular flexibility index (Phi) is 24.8. The van der Waals surface area contributed by atoms with E-state index in [1.807, 2.05) is 145 Å². The molecular formula is C57H76Cl2N10O8Si. The van der Waals surface area contributed by atoms with Gasteiger partial charge >= 0.3 is 6.03 Å². The number of rotatable bonds is 22. The van der Waals surface area contributed by atoms with Gasteiger partial charge in [-0.1, -0.05) is 71.7 Å². The van der Waals surface area contributed by atoms with E-state index in [2.05, 4.69) is 30.6 Å². The van der Waals surface area contributed by atoms with Crippen molar-refractivity contribution in [3.63, 3.8) is 0 Å². The van der Waals surface area contributed by atoms with Gasteiger partial charge in [-0.3, -0.25) is 9.59 Å². The third-order valence-electron chi connectivity index (χ3n) is 11.6. The lowest BCUT2D eigenvalue weighted by molar-refractivity contribution is 0.0921. The summed E-state index contributed by atoms with van der Waals surface area (Å²) in [6.07, 6.45) is 7.33. The summed E-state index contributed by atoms with van der Waals surface area (Å²) in [6, 6.07) is 24.3. The number of primary amides is 1. The average molecular weight is 1130 g/mol. The highest BCUT2D eigenvalue weighted by molar-refractivity contribution is 6.74. The second kappa shape index (κ2) is 30.4. The largest absolute Gasteiger partial charge is 0.489 e. The van der Waals surface area contributed by atoms with E-state index < -0.39 is 14.3 Å². The number of benzene rings is 4. The van der Waals surface area contributed by atoms with Crippen LogP contribution < -0.4 is 36.9 Å². The number of nitrogens with two attached hydrogens (primary N) is 2. The van der Waals surface area contributed by atoms with Crippen molar-refractivity contribution in [3.8, 4) is 34.0 Å². The minimum absolute atomic E-state index is 0.0126. The first kappa shape index (κ1) is 63.7. The van der Waals surface area contributed by atoms with E-state index >= 15 is 0 Å². The first-order valence-electron chi connectivity index (χ1n) is 25.7. The summed E-state index contributed by atoms with van der Waals surface area (Å²) in [5.74, 6) is 2.07. The number of hydrogen-bond donors (Lipinski definition) is 7. The van der Waals surface area contributed by atoms with Gasteiger partial charge in [0.15, 0.2) is 8.24 Å². The van der Waals surface area contributed by atoms with Crippen LogP contribution in [-0.2, 0) is 31.7 Å². The topological polar surface area (TPSA) is 263 Å². The molecule has 0 fully saturated rings. The maximum Gasteiger partial charge on any atom is 0.312 e. The van der Waals surface area contributed by atoms with Crippen molar-refractivity contribution in [2.75, 3.05) is 13.2 Å². The van der Waals surface area contributed by atoms with Gasteiger partial charge < -0.3 is 56.2 Å². The van der Waals surface area contributed by atoms with E-state index in [4.69, 9.17) is 44.1 Å². The van der Waals surface area contributed by atoms with E-state index in [-0.39, 0.29) is 61.4 Å². The molecular weight excluding hydrogens is 1050 g/mol. The summed E-state index contributed by atoms with van der Waals surface area (Å²) in [4.78, 5) is 55.7. The zero-order valence-corrected chi connectivity index (χ0v) is 48.9. The SMILES string of the molecule is CC(C)Oc1ccc(C(=O)N[C@H](CCO)Cc2ccc(-c3cn(C)c(C(C)N)n3)cc2)cc1Cl.CC(C)Oc1ccc(C(=O)N[C@H](CCO)Cc2ccc(-c3cn(C)c(C(C)NC(N)=O)n3)cc2)cc1Cl.C[Si](C)(C)N=C=O. The molecule has 2 aromatic heterocycles. The lowest BCUT2D eigenvalue weighted by Gasteiger charge is -2.19. The second-order valence-electron chi connectivity index (χ2n) is 20.4. The van der Waals surface area contributed by atoms with Crippen LogP contribution in [0.5, 0.6) is 11.5 Å². The Labute approximate surface area is 469 Å². The number of aryl methyl sites for hydroxylation is 2. The van der Waals surface area contributed by atoms with Crippen molar-refractivity contribution >= 4 is 55.4 Å². The van der Waals surface area contributed by atoms with Gasteiger partial charge in [0, 0.05) is 74.0 Å². The molecule has 0 aliphatic heterocycles. The van der Waals surface area contributed by atoms with Gasteiger partial charge in [-0.25, -0.2) is 24.2 Å². The number of aliphatic hydroxyl groups excluding tert-OH is 2. The molecule has 0 saturated heterocycles. The molecule has 9 N–H and O–H groups in total. The normalized spacial score (nSPS) is 12.6. The van der Waals surface area contributed by atoms with Crippen LogP contribution in [0.3, 0.4) is 0 Å². The van der Waals surface area contributed by atoms with Gasteiger partial charge in [0.05, 0.1) is 45.7 Å². The summed E-state index contributed by atoms with van der Waals surface area (Å²) in [5, 5.41) is 28.5. The molecule has 0 spiro atoms. The first-order valence-corrected chi connectivity index (χ1v) is 29.9. The maximum absolute atomic E-state index is 12.9. The summed E-state index contributed by atoms with van der Waals surface area (Å²) >= 11 is 12.6. The number of aliphatic hydroxyl groups is 2. The number of carbonyl (C=O) groups excluding carboxylic acids is 4. The Bertz CT molecular complexity index is 2950. The Morgan fingerprint density at radius 3 is 1.37 bits per heavy atom. The van der Waals surface area contributed by atoms with E-state index in [1.54, 1.807) is 42.5 Å². The highest BCUT2D eigenvalue weighted by Crippen LogP contribution is 2.29. The number of carbonyl (C=O) groups is 3. The number of aromatic nitrogens is 4. The van der Waals surface area contributed by atoms with Crippen LogP contribution in [0.1, 0.15) is 110 Å². The number of isocyanates is 1. The van der Waals surface area contributed by atoms with Gasteiger partial charge in [-0.2, -0.15) is 0 Å².